The van der Waals surface area contributed by atoms with E-state index in [1.807, 2.05) is 51.2 Å². The van der Waals surface area contributed by atoms with Crippen molar-refractivity contribution >= 4 is 23.5 Å². The van der Waals surface area contributed by atoms with E-state index in [9.17, 15) is 9.59 Å². The molecule has 0 aliphatic carbocycles. The van der Waals surface area contributed by atoms with Gasteiger partial charge in [-0.3, -0.25) is 9.59 Å². The third-order valence-electron chi connectivity index (χ3n) is 5.68. The van der Waals surface area contributed by atoms with Gasteiger partial charge >= 0.3 is 0 Å². The third kappa shape index (κ3) is 5.05. The maximum atomic E-state index is 13.0. The first kappa shape index (κ1) is 22.9. The van der Waals surface area contributed by atoms with Crippen LogP contribution in [0.2, 0.25) is 0 Å². The summed E-state index contributed by atoms with van der Waals surface area (Å²) in [5.74, 6) is 2.03. The summed E-state index contributed by atoms with van der Waals surface area (Å²) in [5, 5.41) is 8.86. The molecule has 1 atom stereocenters. The molecule has 3 aromatic rings. The first-order valence-electron chi connectivity index (χ1n) is 10.7. The Labute approximate surface area is 196 Å². The van der Waals surface area contributed by atoms with Crippen molar-refractivity contribution < 1.29 is 19.1 Å². The van der Waals surface area contributed by atoms with Gasteiger partial charge < -0.3 is 24.3 Å². The number of thioether (sulfide) groups is 1. The molecule has 10 heteroatoms. The number of nitrogens with zero attached hydrogens (tertiary/aromatic N) is 4. The van der Waals surface area contributed by atoms with Crippen molar-refractivity contribution in [1.29, 1.82) is 0 Å². The average molecular weight is 470 g/mol. The number of benzene rings is 1. The number of fused-ring (bicyclic) bond motifs is 1. The molecule has 0 saturated heterocycles. The quantitative estimate of drug-likeness (QED) is 0.378. The molecular formula is C23H27N5O4S. The minimum Gasteiger partial charge on any atom is -0.486 e. The lowest BCUT2D eigenvalue weighted by molar-refractivity contribution is -0.118. The van der Waals surface area contributed by atoms with E-state index >= 15 is 0 Å². The smallest absolute Gasteiger partial charge is 0.217 e. The zero-order valence-electron chi connectivity index (χ0n) is 18.9. The number of para-hydroxylation sites is 2. The normalized spacial score (nSPS) is 14.9. The number of ketones is 1. The molecule has 33 heavy (non-hydrogen) atoms. The molecule has 1 aliphatic heterocycles. The molecule has 1 unspecified atom stereocenters. The summed E-state index contributed by atoms with van der Waals surface area (Å²) < 4.78 is 15.8. The van der Waals surface area contributed by atoms with E-state index in [2.05, 4.69) is 14.8 Å². The molecular weight excluding hydrogens is 442 g/mol. The Morgan fingerprint density at radius 2 is 1.97 bits per heavy atom. The van der Waals surface area contributed by atoms with Crippen molar-refractivity contribution in [2.45, 2.75) is 44.5 Å². The lowest BCUT2D eigenvalue weighted by Crippen LogP contribution is -2.33. The Bertz CT molecular complexity index is 1190. The minimum atomic E-state index is -0.382. The van der Waals surface area contributed by atoms with Crippen LogP contribution in [0.4, 0.5) is 0 Å². The number of aryl methyl sites for hydroxylation is 2. The van der Waals surface area contributed by atoms with E-state index in [0.29, 0.717) is 36.1 Å². The van der Waals surface area contributed by atoms with Crippen LogP contribution in [0.3, 0.4) is 0 Å². The van der Waals surface area contributed by atoms with E-state index in [0.717, 1.165) is 22.9 Å². The van der Waals surface area contributed by atoms with Gasteiger partial charge in [-0.2, -0.15) is 0 Å². The first-order valence-corrected chi connectivity index (χ1v) is 11.7. The number of primary amides is 1. The SMILES string of the molecule is Cc1cc(C(=O)CSc2nnc(CCC(N)=O)n2C)c(C)n1CC1COc2ccccc2O1. The Kier molecular flexibility index (Phi) is 6.73. The molecule has 0 radical (unpaired) electrons. The van der Waals surface area contributed by atoms with E-state index in [4.69, 9.17) is 15.2 Å². The molecule has 1 aromatic carbocycles. The summed E-state index contributed by atoms with van der Waals surface area (Å²) >= 11 is 1.33. The van der Waals surface area contributed by atoms with Gasteiger partial charge in [0.25, 0.3) is 0 Å². The van der Waals surface area contributed by atoms with Crippen LogP contribution < -0.4 is 15.2 Å². The molecule has 0 bridgehead atoms. The lowest BCUT2D eigenvalue weighted by atomic mass is 10.2. The van der Waals surface area contributed by atoms with Crippen LogP contribution in [0.25, 0.3) is 0 Å². The second-order valence-electron chi connectivity index (χ2n) is 8.03. The lowest BCUT2D eigenvalue weighted by Gasteiger charge is -2.27. The zero-order chi connectivity index (χ0) is 23.5. The number of aromatic nitrogens is 4. The molecule has 2 aromatic heterocycles. The van der Waals surface area contributed by atoms with Crippen LogP contribution >= 0.6 is 11.8 Å². The number of rotatable bonds is 9. The van der Waals surface area contributed by atoms with Gasteiger partial charge in [-0.1, -0.05) is 23.9 Å². The van der Waals surface area contributed by atoms with Crippen LogP contribution in [-0.4, -0.2) is 49.5 Å². The summed E-state index contributed by atoms with van der Waals surface area (Å²) in [4.78, 5) is 24.0. The van der Waals surface area contributed by atoms with E-state index in [1.165, 1.54) is 11.8 Å². The topological polar surface area (TPSA) is 114 Å². The Morgan fingerprint density at radius 3 is 2.73 bits per heavy atom. The van der Waals surface area contributed by atoms with Gasteiger partial charge in [0.15, 0.2) is 28.5 Å². The standard InChI is InChI=1S/C23H27N5O4S/c1-14-10-17(18(29)13-33-23-26-25-22(27(23)3)9-8-21(24)30)15(2)28(14)11-16-12-31-19-6-4-5-7-20(19)32-16/h4-7,10,16H,8-9,11-13H2,1-3H3,(H2,24,30). The van der Waals surface area contributed by atoms with Crippen molar-refractivity contribution in [2.24, 2.45) is 12.8 Å². The fourth-order valence-electron chi connectivity index (χ4n) is 3.85. The summed E-state index contributed by atoms with van der Waals surface area (Å²) in [6, 6.07) is 9.55. The number of hydrogen-bond acceptors (Lipinski definition) is 7. The summed E-state index contributed by atoms with van der Waals surface area (Å²) in [6.45, 7) is 4.99. The minimum absolute atomic E-state index is 0.0206. The largest absolute Gasteiger partial charge is 0.486 e. The zero-order valence-corrected chi connectivity index (χ0v) is 19.7. The van der Waals surface area contributed by atoms with Gasteiger partial charge in [0.1, 0.15) is 12.4 Å². The maximum Gasteiger partial charge on any atom is 0.217 e. The van der Waals surface area contributed by atoms with Gasteiger partial charge in [0.05, 0.1) is 12.3 Å². The van der Waals surface area contributed by atoms with Crippen molar-refractivity contribution in [3.63, 3.8) is 0 Å². The molecule has 0 fully saturated rings. The highest BCUT2D eigenvalue weighted by molar-refractivity contribution is 7.99. The predicted molar refractivity (Wildman–Crippen MR) is 124 cm³/mol. The Balaban J connectivity index is 1.40. The summed E-state index contributed by atoms with van der Waals surface area (Å²) in [5.41, 5.74) is 7.79. The highest BCUT2D eigenvalue weighted by Crippen LogP contribution is 2.31. The predicted octanol–water partition coefficient (Wildman–Crippen LogP) is 2.47. The number of ether oxygens (including phenoxy) is 2. The van der Waals surface area contributed by atoms with Crippen LogP contribution in [-0.2, 0) is 24.8 Å². The molecule has 4 rings (SSSR count). The van der Waals surface area contributed by atoms with Gasteiger partial charge in [-0.25, -0.2) is 0 Å². The summed E-state index contributed by atoms with van der Waals surface area (Å²) in [6.07, 6.45) is 0.494. The highest BCUT2D eigenvalue weighted by atomic mass is 32.2. The van der Waals surface area contributed by atoms with E-state index in [-0.39, 0.29) is 30.0 Å². The molecule has 9 nitrogen and oxygen atoms in total. The fraction of sp³-hybridized carbons (Fsp3) is 0.391. The van der Waals surface area contributed by atoms with Gasteiger partial charge in [-0.15, -0.1) is 10.2 Å². The van der Waals surface area contributed by atoms with Crippen molar-refractivity contribution in [3.8, 4) is 11.5 Å². The Hall–Kier alpha value is -3.27. The maximum absolute atomic E-state index is 13.0. The first-order chi connectivity index (χ1) is 15.8. The van der Waals surface area contributed by atoms with Gasteiger partial charge in [0.2, 0.25) is 5.91 Å². The number of nitrogens with two attached hydrogens (primary N) is 1. The molecule has 2 N–H and O–H groups in total. The third-order valence-corrected chi connectivity index (χ3v) is 6.70. The number of carbonyl (C=O) groups is 2. The fourth-order valence-corrected chi connectivity index (χ4v) is 4.67. The number of amides is 1. The monoisotopic (exact) mass is 469 g/mol. The van der Waals surface area contributed by atoms with Crippen molar-refractivity contribution in [2.75, 3.05) is 12.4 Å². The van der Waals surface area contributed by atoms with Crippen molar-refractivity contribution in [1.82, 2.24) is 19.3 Å². The second-order valence-corrected chi connectivity index (χ2v) is 8.97. The van der Waals surface area contributed by atoms with Crippen LogP contribution in [0.15, 0.2) is 35.5 Å². The van der Waals surface area contributed by atoms with Crippen LogP contribution in [0, 0.1) is 13.8 Å². The van der Waals surface area contributed by atoms with E-state index < -0.39 is 0 Å². The average Bonchev–Trinajstić information content (AvgIpc) is 3.29. The molecule has 0 saturated carbocycles. The molecule has 1 amide bonds. The highest BCUT2D eigenvalue weighted by Gasteiger charge is 2.24. The molecule has 3 heterocycles. The van der Waals surface area contributed by atoms with Crippen LogP contribution in [0.5, 0.6) is 11.5 Å². The van der Waals surface area contributed by atoms with E-state index in [1.54, 1.807) is 4.57 Å². The number of carbonyl (C=O) groups excluding carboxylic acids is 2. The van der Waals surface area contributed by atoms with Crippen molar-refractivity contribution in [3.05, 3.63) is 53.1 Å². The molecule has 1 aliphatic rings. The number of hydrogen-bond donors (Lipinski definition) is 1. The summed E-state index contributed by atoms with van der Waals surface area (Å²) in [7, 11) is 1.82. The Morgan fingerprint density at radius 1 is 1.21 bits per heavy atom. The molecule has 0 spiro atoms. The molecule has 174 valence electrons. The second kappa shape index (κ2) is 9.70. The van der Waals surface area contributed by atoms with Gasteiger partial charge in [-0.05, 0) is 32.0 Å². The van der Waals surface area contributed by atoms with Crippen LogP contribution in [0.1, 0.15) is 34.0 Å². The number of Topliss-reactive ketones (excluding diaryl/α,β-unsaturated/α-hetero) is 1. The van der Waals surface area contributed by atoms with Gasteiger partial charge in [0, 0.05) is 36.8 Å².